The topological polar surface area (TPSA) is 83.6 Å². The van der Waals surface area contributed by atoms with Crippen molar-refractivity contribution in [1.29, 1.82) is 0 Å². The number of anilines is 1. The Labute approximate surface area is 222 Å². The number of likely N-dealkylation sites (N-methyl/N-ethyl adjacent to an activating group) is 1. The highest BCUT2D eigenvalue weighted by Gasteiger charge is 2.44. The summed E-state index contributed by atoms with van der Waals surface area (Å²) in [6.07, 6.45) is 2.93. The van der Waals surface area contributed by atoms with Crippen LogP contribution in [0.15, 0.2) is 30.3 Å². The molecule has 1 atom stereocenters. The van der Waals surface area contributed by atoms with Gasteiger partial charge >= 0.3 is 0 Å². The molecule has 2 aromatic carbocycles. The lowest BCUT2D eigenvalue weighted by atomic mass is 9.73. The predicted octanol–water partition coefficient (Wildman–Crippen LogP) is 2.49. The monoisotopic (exact) mass is 518 g/mol. The standard InChI is InChI=1S/C29H34N4O5/c1-31-11-12-36-24-4-2-3-19(27(24)31)15-32-9-7-29(8-10-32)18-37-25-14-21-17-38-33(16-20(21)13-22(25)29)23-5-6-26(34)30-28(23)35/h2-4,13-14,23H,5-12,15-18H2,1H3,(H,30,34,35). The lowest BCUT2D eigenvalue weighted by Gasteiger charge is -2.40. The summed E-state index contributed by atoms with van der Waals surface area (Å²) in [4.78, 5) is 34.8. The molecule has 5 aliphatic heterocycles. The Morgan fingerprint density at radius 2 is 1.92 bits per heavy atom. The van der Waals surface area contributed by atoms with Crippen LogP contribution in [-0.2, 0) is 39.5 Å². The van der Waals surface area contributed by atoms with E-state index in [9.17, 15) is 9.59 Å². The number of hydrogen-bond donors (Lipinski definition) is 1. The van der Waals surface area contributed by atoms with Crippen LogP contribution in [0.1, 0.15) is 47.9 Å². The third-order valence-corrected chi connectivity index (χ3v) is 9.00. The zero-order valence-electron chi connectivity index (χ0n) is 21.8. The number of hydrogen-bond acceptors (Lipinski definition) is 8. The normalized spacial score (nSPS) is 24.8. The average molecular weight is 519 g/mol. The van der Waals surface area contributed by atoms with Crippen LogP contribution >= 0.6 is 0 Å². The molecule has 9 nitrogen and oxygen atoms in total. The van der Waals surface area contributed by atoms with Gasteiger partial charge in [-0.3, -0.25) is 24.6 Å². The van der Waals surface area contributed by atoms with Gasteiger partial charge in [0.2, 0.25) is 11.8 Å². The highest BCUT2D eigenvalue weighted by atomic mass is 16.7. The van der Waals surface area contributed by atoms with Crippen LogP contribution in [-0.4, -0.2) is 67.7 Å². The molecule has 38 heavy (non-hydrogen) atoms. The Bertz CT molecular complexity index is 1290. The molecule has 0 radical (unpaired) electrons. The van der Waals surface area contributed by atoms with Crippen LogP contribution in [0.5, 0.6) is 11.5 Å². The summed E-state index contributed by atoms with van der Waals surface area (Å²) in [5, 5.41) is 4.20. The average Bonchev–Trinajstić information content (AvgIpc) is 3.25. The molecule has 0 aromatic heterocycles. The molecule has 2 fully saturated rings. The summed E-state index contributed by atoms with van der Waals surface area (Å²) in [7, 11) is 2.15. The number of imide groups is 1. The molecule has 0 saturated carbocycles. The summed E-state index contributed by atoms with van der Waals surface area (Å²) < 4.78 is 12.2. The van der Waals surface area contributed by atoms with Gasteiger partial charge in [0.05, 0.1) is 32.0 Å². The van der Waals surface area contributed by atoms with Crippen molar-refractivity contribution in [2.75, 3.05) is 44.8 Å². The summed E-state index contributed by atoms with van der Waals surface area (Å²) in [6, 6.07) is 10.4. The van der Waals surface area contributed by atoms with Gasteiger partial charge < -0.3 is 14.4 Å². The Kier molecular flexibility index (Phi) is 5.83. The van der Waals surface area contributed by atoms with Gasteiger partial charge in [-0.1, -0.05) is 12.1 Å². The van der Waals surface area contributed by atoms with Gasteiger partial charge in [0.15, 0.2) is 0 Å². The van der Waals surface area contributed by atoms with E-state index in [0.29, 0.717) is 32.6 Å². The van der Waals surface area contributed by atoms with E-state index in [1.807, 2.05) is 0 Å². The second kappa shape index (κ2) is 9.25. The number of fused-ring (bicyclic) bond motifs is 4. The molecule has 0 aliphatic carbocycles. The summed E-state index contributed by atoms with van der Waals surface area (Å²) in [5.41, 5.74) is 6.17. The minimum Gasteiger partial charge on any atom is -0.492 e. The highest BCUT2D eigenvalue weighted by molar-refractivity contribution is 6.00. The molecule has 0 bridgehead atoms. The first kappa shape index (κ1) is 23.9. The summed E-state index contributed by atoms with van der Waals surface area (Å²) in [5.74, 6) is 1.49. The lowest BCUT2D eigenvalue weighted by Crippen LogP contribution is -2.52. The first-order chi connectivity index (χ1) is 18.5. The SMILES string of the molecule is CN1CCOc2cccc(CN3CCC4(CC3)COc3cc5c(cc34)CN(C3CCC(=O)NC3=O)OC5)c21. The number of carbonyl (C=O) groups is 2. The Morgan fingerprint density at radius 1 is 1.05 bits per heavy atom. The molecule has 200 valence electrons. The number of nitrogens with one attached hydrogen (secondary N) is 1. The fourth-order valence-electron chi connectivity index (χ4n) is 6.74. The van der Waals surface area contributed by atoms with E-state index in [0.717, 1.165) is 62.7 Å². The predicted molar refractivity (Wildman–Crippen MR) is 140 cm³/mol. The van der Waals surface area contributed by atoms with E-state index in [1.165, 1.54) is 22.4 Å². The van der Waals surface area contributed by atoms with Gasteiger partial charge in [-0.25, -0.2) is 0 Å². The van der Waals surface area contributed by atoms with Gasteiger partial charge in [-0.15, -0.1) is 0 Å². The Balaban J connectivity index is 1.07. The summed E-state index contributed by atoms with van der Waals surface area (Å²) in [6.45, 7) is 6.25. The molecule has 1 unspecified atom stereocenters. The van der Waals surface area contributed by atoms with Crippen molar-refractivity contribution < 1.29 is 23.9 Å². The first-order valence-electron chi connectivity index (χ1n) is 13.7. The van der Waals surface area contributed by atoms with Crippen molar-refractivity contribution in [3.05, 3.63) is 52.6 Å². The van der Waals surface area contributed by atoms with Crippen LogP contribution in [0.2, 0.25) is 0 Å². The minimum atomic E-state index is -0.435. The second-order valence-electron chi connectivity index (χ2n) is 11.3. The van der Waals surface area contributed by atoms with E-state index in [2.05, 4.69) is 52.5 Å². The Morgan fingerprint density at radius 3 is 2.76 bits per heavy atom. The van der Waals surface area contributed by atoms with E-state index in [1.54, 1.807) is 5.06 Å². The molecular weight excluding hydrogens is 484 g/mol. The van der Waals surface area contributed by atoms with Crippen LogP contribution in [0.25, 0.3) is 0 Å². The largest absolute Gasteiger partial charge is 0.492 e. The number of amides is 2. The maximum absolute atomic E-state index is 12.4. The number of hydroxylamine groups is 2. The number of benzene rings is 2. The second-order valence-corrected chi connectivity index (χ2v) is 11.3. The molecule has 1 spiro atoms. The van der Waals surface area contributed by atoms with Gasteiger partial charge in [-0.05, 0) is 67.2 Å². The number of nitrogens with zero attached hydrogens (tertiary/aromatic N) is 3. The third kappa shape index (κ3) is 4.04. The fourth-order valence-corrected chi connectivity index (χ4v) is 6.74. The van der Waals surface area contributed by atoms with Gasteiger partial charge in [0.25, 0.3) is 0 Å². The molecule has 2 aromatic rings. The van der Waals surface area contributed by atoms with Gasteiger partial charge in [-0.2, -0.15) is 5.06 Å². The van der Waals surface area contributed by atoms with Crippen molar-refractivity contribution in [3.8, 4) is 11.5 Å². The molecule has 2 amide bonds. The van der Waals surface area contributed by atoms with Crippen molar-refractivity contribution in [2.24, 2.45) is 0 Å². The molecule has 5 aliphatic rings. The number of likely N-dealkylation sites (tertiary alicyclic amines) is 1. The zero-order valence-corrected chi connectivity index (χ0v) is 21.8. The van der Waals surface area contributed by atoms with Crippen molar-refractivity contribution in [2.45, 2.75) is 56.8 Å². The Hall–Kier alpha value is -3.14. The lowest BCUT2D eigenvalue weighted by molar-refractivity contribution is -0.216. The van der Waals surface area contributed by atoms with Crippen LogP contribution in [0.3, 0.4) is 0 Å². The van der Waals surface area contributed by atoms with Gasteiger partial charge in [0, 0.05) is 31.0 Å². The molecule has 9 heteroatoms. The maximum atomic E-state index is 12.4. The van der Waals surface area contributed by atoms with Gasteiger partial charge in [0.1, 0.15) is 24.1 Å². The summed E-state index contributed by atoms with van der Waals surface area (Å²) >= 11 is 0. The number of para-hydroxylation sites is 1. The smallest absolute Gasteiger partial charge is 0.246 e. The number of ether oxygens (including phenoxy) is 2. The molecule has 2 saturated heterocycles. The van der Waals surface area contributed by atoms with E-state index in [-0.39, 0.29) is 17.2 Å². The fraction of sp³-hybridized carbons (Fsp3) is 0.517. The first-order valence-corrected chi connectivity index (χ1v) is 13.7. The van der Waals surface area contributed by atoms with E-state index in [4.69, 9.17) is 14.3 Å². The number of piperidine rings is 2. The third-order valence-electron chi connectivity index (χ3n) is 9.00. The molecule has 5 heterocycles. The van der Waals surface area contributed by atoms with Crippen LogP contribution in [0.4, 0.5) is 5.69 Å². The quantitative estimate of drug-likeness (QED) is 0.621. The van der Waals surface area contributed by atoms with Crippen molar-refractivity contribution in [3.63, 3.8) is 0 Å². The molecular formula is C29H34N4O5. The molecule has 1 N–H and O–H groups in total. The zero-order chi connectivity index (χ0) is 25.9. The van der Waals surface area contributed by atoms with E-state index >= 15 is 0 Å². The van der Waals surface area contributed by atoms with Crippen molar-refractivity contribution >= 4 is 17.5 Å². The van der Waals surface area contributed by atoms with Crippen molar-refractivity contribution in [1.82, 2.24) is 15.3 Å². The van der Waals surface area contributed by atoms with Crippen LogP contribution in [0, 0.1) is 0 Å². The van der Waals surface area contributed by atoms with Crippen LogP contribution < -0.4 is 19.7 Å². The number of carbonyl (C=O) groups excluding carboxylic acids is 2. The highest BCUT2D eigenvalue weighted by Crippen LogP contribution is 2.48. The maximum Gasteiger partial charge on any atom is 0.246 e. The number of rotatable bonds is 3. The minimum absolute atomic E-state index is 0.0225. The van der Waals surface area contributed by atoms with E-state index < -0.39 is 6.04 Å². The molecule has 7 rings (SSSR count).